The second-order valence-corrected chi connectivity index (χ2v) is 6.78. The Balaban J connectivity index is 1.85. The summed E-state index contributed by atoms with van der Waals surface area (Å²) in [5, 5.41) is 15.2. The maximum atomic E-state index is 12.6. The van der Waals surface area contributed by atoms with E-state index < -0.39 is 0 Å². The number of carbonyl (C=O) groups is 1. The van der Waals surface area contributed by atoms with Gasteiger partial charge in [-0.2, -0.15) is 5.26 Å². The molecule has 0 atom stereocenters. The molecule has 8 heteroatoms. The number of anilines is 2. The molecular formula is C21H15Cl2N5O. The Morgan fingerprint density at radius 2 is 2.00 bits per heavy atom. The van der Waals surface area contributed by atoms with Crippen LogP contribution in [0.15, 0.2) is 77.5 Å². The molecule has 0 aliphatic rings. The van der Waals surface area contributed by atoms with Crippen LogP contribution in [0.3, 0.4) is 0 Å². The summed E-state index contributed by atoms with van der Waals surface area (Å²) in [6.45, 7) is 7.26. The normalized spacial score (nSPS) is 11.3. The molecule has 1 aromatic heterocycles. The second kappa shape index (κ2) is 8.65. The van der Waals surface area contributed by atoms with Gasteiger partial charge >= 0.3 is 0 Å². The van der Waals surface area contributed by atoms with Gasteiger partial charge in [0, 0.05) is 11.3 Å². The van der Waals surface area contributed by atoms with E-state index in [4.69, 9.17) is 28.5 Å². The van der Waals surface area contributed by atoms with Crippen LogP contribution in [0.2, 0.25) is 0 Å². The SMILES string of the molecule is C=C/C(Cl)=C(/Nc1nc2ccc(C(=O)Nc3cccc(C#N)c3)cc2[nH]1)C(=C)Cl. The first-order valence-electron chi connectivity index (χ1n) is 8.36. The molecule has 0 saturated carbocycles. The molecule has 29 heavy (non-hydrogen) atoms. The van der Waals surface area contributed by atoms with Crippen molar-refractivity contribution in [2.75, 3.05) is 10.6 Å². The number of imidazole rings is 1. The quantitative estimate of drug-likeness (QED) is 0.457. The summed E-state index contributed by atoms with van der Waals surface area (Å²) < 4.78 is 0. The highest BCUT2D eigenvalue weighted by Crippen LogP contribution is 2.24. The summed E-state index contributed by atoms with van der Waals surface area (Å²) in [6, 6.07) is 13.8. The van der Waals surface area contributed by atoms with Crippen molar-refractivity contribution in [3.63, 3.8) is 0 Å². The van der Waals surface area contributed by atoms with Gasteiger partial charge in [-0.05, 0) is 42.5 Å². The molecule has 0 aliphatic carbocycles. The van der Waals surface area contributed by atoms with Crippen LogP contribution in [-0.4, -0.2) is 15.9 Å². The average Bonchev–Trinajstić information content (AvgIpc) is 3.13. The van der Waals surface area contributed by atoms with E-state index in [-0.39, 0.29) is 10.9 Å². The summed E-state index contributed by atoms with van der Waals surface area (Å²) >= 11 is 12.0. The zero-order valence-electron chi connectivity index (χ0n) is 15.1. The standard InChI is InChI=1S/C21H15Cl2N5O/c1-3-16(23)19(12(2)22)28-21-26-17-8-7-14(10-18(17)27-21)20(29)25-15-6-4-5-13(9-15)11-24/h3-10H,1-2H2,(H,25,29)(H2,26,27,28)/b19-16-. The number of hydrogen-bond acceptors (Lipinski definition) is 4. The first kappa shape index (κ1) is 20.2. The number of nitrogens with one attached hydrogen (secondary N) is 3. The lowest BCUT2D eigenvalue weighted by Crippen LogP contribution is -2.11. The summed E-state index contributed by atoms with van der Waals surface area (Å²) in [5.41, 5.74) is 3.08. The van der Waals surface area contributed by atoms with Crippen molar-refractivity contribution in [3.05, 3.63) is 88.6 Å². The van der Waals surface area contributed by atoms with Crippen LogP contribution in [0, 0.1) is 11.3 Å². The molecule has 0 spiro atoms. The van der Waals surface area contributed by atoms with Gasteiger partial charge in [-0.1, -0.05) is 42.4 Å². The van der Waals surface area contributed by atoms with E-state index in [9.17, 15) is 4.79 Å². The Kier molecular flexibility index (Phi) is 6.03. The molecule has 0 saturated heterocycles. The second-order valence-electron chi connectivity index (χ2n) is 5.92. The fraction of sp³-hybridized carbons (Fsp3) is 0. The number of amides is 1. The highest BCUT2D eigenvalue weighted by Gasteiger charge is 2.12. The molecule has 0 radical (unpaired) electrons. The number of nitrogens with zero attached hydrogens (tertiary/aromatic N) is 2. The maximum absolute atomic E-state index is 12.6. The molecule has 0 aliphatic heterocycles. The fourth-order valence-corrected chi connectivity index (χ4v) is 2.92. The third-order valence-corrected chi connectivity index (χ3v) is 4.46. The number of halogens is 2. The van der Waals surface area contributed by atoms with E-state index in [0.717, 1.165) is 0 Å². The van der Waals surface area contributed by atoms with Crippen molar-refractivity contribution in [1.29, 1.82) is 5.26 Å². The number of carbonyl (C=O) groups excluding carboxylic acids is 1. The number of aromatic nitrogens is 2. The molecule has 0 unspecified atom stereocenters. The van der Waals surface area contributed by atoms with Gasteiger partial charge in [0.2, 0.25) is 5.95 Å². The number of fused-ring (bicyclic) bond motifs is 1. The molecule has 6 nitrogen and oxygen atoms in total. The van der Waals surface area contributed by atoms with Gasteiger partial charge < -0.3 is 15.6 Å². The minimum Gasteiger partial charge on any atom is -0.324 e. The Bertz CT molecular complexity index is 1200. The van der Waals surface area contributed by atoms with Crippen LogP contribution in [0.1, 0.15) is 15.9 Å². The maximum Gasteiger partial charge on any atom is 0.255 e. The van der Waals surface area contributed by atoms with E-state index in [1.165, 1.54) is 6.08 Å². The zero-order chi connectivity index (χ0) is 21.0. The highest BCUT2D eigenvalue weighted by molar-refractivity contribution is 6.36. The average molecular weight is 424 g/mol. The van der Waals surface area contributed by atoms with E-state index in [0.29, 0.717) is 44.5 Å². The predicted octanol–water partition coefficient (Wildman–Crippen LogP) is 5.49. The van der Waals surface area contributed by atoms with Crippen LogP contribution in [0.4, 0.5) is 11.6 Å². The van der Waals surface area contributed by atoms with E-state index in [1.54, 1.807) is 42.5 Å². The third kappa shape index (κ3) is 4.66. The molecular weight excluding hydrogens is 409 g/mol. The van der Waals surface area contributed by atoms with Crippen molar-refractivity contribution < 1.29 is 4.79 Å². The summed E-state index contributed by atoms with van der Waals surface area (Å²) in [5.74, 6) is 0.0756. The smallest absolute Gasteiger partial charge is 0.255 e. The van der Waals surface area contributed by atoms with Gasteiger partial charge in [0.15, 0.2) is 0 Å². The Morgan fingerprint density at radius 1 is 1.21 bits per heavy atom. The minimum absolute atomic E-state index is 0.204. The largest absolute Gasteiger partial charge is 0.324 e. The number of H-pyrrole nitrogens is 1. The van der Waals surface area contributed by atoms with Crippen molar-refractivity contribution >= 4 is 51.8 Å². The van der Waals surface area contributed by atoms with Gasteiger partial charge in [-0.25, -0.2) is 4.98 Å². The molecule has 3 N–H and O–H groups in total. The number of allylic oxidation sites excluding steroid dienone is 3. The number of rotatable bonds is 6. The van der Waals surface area contributed by atoms with Gasteiger partial charge in [-0.15, -0.1) is 0 Å². The Hall–Kier alpha value is -3.53. The zero-order valence-corrected chi connectivity index (χ0v) is 16.6. The Morgan fingerprint density at radius 3 is 2.69 bits per heavy atom. The van der Waals surface area contributed by atoms with Crippen molar-refractivity contribution in [1.82, 2.24) is 9.97 Å². The number of hydrogen-bond donors (Lipinski definition) is 3. The molecule has 3 aromatic rings. The number of benzene rings is 2. The molecule has 3 rings (SSSR count). The summed E-state index contributed by atoms with van der Waals surface area (Å²) in [7, 11) is 0. The first-order chi connectivity index (χ1) is 13.9. The van der Waals surface area contributed by atoms with E-state index >= 15 is 0 Å². The van der Waals surface area contributed by atoms with Gasteiger partial charge in [0.1, 0.15) is 0 Å². The summed E-state index contributed by atoms with van der Waals surface area (Å²) in [4.78, 5) is 20.0. The lowest BCUT2D eigenvalue weighted by Gasteiger charge is -2.07. The van der Waals surface area contributed by atoms with E-state index in [1.807, 2.05) is 6.07 Å². The van der Waals surface area contributed by atoms with Gasteiger partial charge in [0.25, 0.3) is 5.91 Å². The van der Waals surface area contributed by atoms with Crippen LogP contribution in [0.25, 0.3) is 11.0 Å². The van der Waals surface area contributed by atoms with Gasteiger partial charge in [0.05, 0.1) is 38.4 Å². The highest BCUT2D eigenvalue weighted by atomic mass is 35.5. The van der Waals surface area contributed by atoms with Crippen molar-refractivity contribution in [2.45, 2.75) is 0 Å². The van der Waals surface area contributed by atoms with Gasteiger partial charge in [-0.3, -0.25) is 4.79 Å². The lowest BCUT2D eigenvalue weighted by atomic mass is 10.1. The van der Waals surface area contributed by atoms with Crippen LogP contribution in [-0.2, 0) is 0 Å². The fourth-order valence-electron chi connectivity index (χ4n) is 2.56. The molecule has 1 amide bonds. The number of aromatic amines is 1. The topological polar surface area (TPSA) is 93.6 Å². The Labute approximate surface area is 177 Å². The molecule has 1 heterocycles. The molecule has 0 bridgehead atoms. The van der Waals surface area contributed by atoms with E-state index in [2.05, 4.69) is 33.8 Å². The molecule has 0 fully saturated rings. The first-order valence-corrected chi connectivity index (χ1v) is 9.12. The lowest BCUT2D eigenvalue weighted by molar-refractivity contribution is 0.102. The van der Waals surface area contributed by atoms with Crippen molar-refractivity contribution in [2.24, 2.45) is 0 Å². The monoisotopic (exact) mass is 423 g/mol. The number of nitriles is 1. The van der Waals surface area contributed by atoms with Crippen LogP contribution >= 0.6 is 23.2 Å². The third-order valence-electron chi connectivity index (χ3n) is 3.93. The van der Waals surface area contributed by atoms with Crippen LogP contribution in [0.5, 0.6) is 0 Å². The molecule has 144 valence electrons. The van der Waals surface area contributed by atoms with Crippen LogP contribution < -0.4 is 10.6 Å². The minimum atomic E-state index is -0.310. The molecule has 2 aromatic carbocycles. The predicted molar refractivity (Wildman–Crippen MR) is 117 cm³/mol. The summed E-state index contributed by atoms with van der Waals surface area (Å²) in [6.07, 6.45) is 1.43. The van der Waals surface area contributed by atoms with Crippen molar-refractivity contribution in [3.8, 4) is 6.07 Å².